The second-order valence-electron chi connectivity index (χ2n) is 8.73. The molecule has 2 aliphatic heterocycles. The number of halogens is 4. The van der Waals surface area contributed by atoms with Gasteiger partial charge in [0.2, 0.25) is 5.95 Å². The number of rotatable bonds is 6. The minimum atomic E-state index is -0.528. The van der Waals surface area contributed by atoms with E-state index in [1.54, 1.807) is 6.07 Å². The Labute approximate surface area is 284 Å². The zero-order valence-corrected chi connectivity index (χ0v) is 30.4. The van der Waals surface area contributed by atoms with Crippen LogP contribution in [0.5, 0.6) is 0 Å². The van der Waals surface area contributed by atoms with E-state index in [9.17, 15) is 4.39 Å². The molecule has 2 atom stereocenters. The molecule has 0 aromatic carbocycles. The molecule has 7 N–H and O–H groups in total. The summed E-state index contributed by atoms with van der Waals surface area (Å²) in [6.45, 7) is 14.6. The Bertz CT molecular complexity index is 834. The number of ether oxygens (including phenoxy) is 4. The monoisotopic (exact) mass is 842 g/mol. The van der Waals surface area contributed by atoms with Crippen LogP contribution in [0.15, 0.2) is 24.3 Å². The van der Waals surface area contributed by atoms with Crippen molar-refractivity contribution in [2.75, 3.05) is 69.6 Å². The molecule has 4 heterocycles. The molecule has 0 saturated carbocycles. The molecule has 4 rings (SSSR count). The van der Waals surface area contributed by atoms with Crippen molar-refractivity contribution in [1.82, 2.24) is 9.97 Å². The zero-order chi connectivity index (χ0) is 30.9. The SMILES string of the molecule is CCOCC.CCOCC.Cl.N[C@@H]1CCCOC1.Nc1cc(I)cc(F)n1.Nc1cc(I)cc(N[C@@H]2CCCOC2)n1. The Balaban J connectivity index is 0. The molecule has 2 aromatic rings. The molecule has 2 aromatic heterocycles. The molecule has 14 heteroatoms. The lowest BCUT2D eigenvalue weighted by Gasteiger charge is -2.23. The van der Waals surface area contributed by atoms with Crippen molar-refractivity contribution in [3.63, 3.8) is 0 Å². The first-order valence-electron chi connectivity index (χ1n) is 14.0. The lowest BCUT2D eigenvalue weighted by atomic mass is 10.1. The fourth-order valence-corrected chi connectivity index (χ4v) is 4.50. The van der Waals surface area contributed by atoms with Crippen LogP contribution in [0.2, 0.25) is 0 Å². The Morgan fingerprint density at radius 3 is 1.67 bits per heavy atom. The highest BCUT2D eigenvalue weighted by Crippen LogP contribution is 2.17. The number of anilines is 3. The predicted octanol–water partition coefficient (Wildman–Crippen LogP) is 5.90. The van der Waals surface area contributed by atoms with Crippen molar-refractivity contribution in [3.05, 3.63) is 37.4 Å². The summed E-state index contributed by atoms with van der Waals surface area (Å²) < 4.78 is 34.2. The van der Waals surface area contributed by atoms with Crippen LogP contribution in [-0.4, -0.2) is 74.9 Å². The predicted molar refractivity (Wildman–Crippen MR) is 190 cm³/mol. The molecule has 2 saturated heterocycles. The van der Waals surface area contributed by atoms with E-state index < -0.39 is 5.95 Å². The third kappa shape index (κ3) is 25.7. The molecule has 0 aliphatic carbocycles. The van der Waals surface area contributed by atoms with Gasteiger partial charge >= 0.3 is 0 Å². The first-order chi connectivity index (χ1) is 19.6. The van der Waals surface area contributed by atoms with Gasteiger partial charge in [-0.2, -0.15) is 4.39 Å². The number of nitrogens with two attached hydrogens (primary N) is 3. The maximum atomic E-state index is 12.2. The Morgan fingerprint density at radius 2 is 1.33 bits per heavy atom. The van der Waals surface area contributed by atoms with E-state index in [4.69, 9.17) is 36.1 Å². The van der Waals surface area contributed by atoms with Crippen molar-refractivity contribution < 1.29 is 23.3 Å². The van der Waals surface area contributed by atoms with Crippen molar-refractivity contribution >= 4 is 75.0 Å². The fourth-order valence-electron chi connectivity index (χ4n) is 3.31. The van der Waals surface area contributed by atoms with Crippen molar-refractivity contribution in [2.24, 2.45) is 5.73 Å². The summed E-state index contributed by atoms with van der Waals surface area (Å²) in [6, 6.07) is 7.44. The third-order valence-corrected chi connectivity index (χ3v) is 6.36. The van der Waals surface area contributed by atoms with Crippen LogP contribution in [0.4, 0.5) is 21.8 Å². The van der Waals surface area contributed by atoms with Crippen molar-refractivity contribution in [2.45, 2.75) is 65.5 Å². The highest BCUT2D eigenvalue weighted by atomic mass is 127. The summed E-state index contributed by atoms with van der Waals surface area (Å²) in [7, 11) is 0. The first-order valence-corrected chi connectivity index (χ1v) is 16.1. The topological polar surface area (TPSA) is 153 Å². The van der Waals surface area contributed by atoms with Gasteiger partial charge in [-0.1, -0.05) is 0 Å². The van der Waals surface area contributed by atoms with Crippen LogP contribution in [0.3, 0.4) is 0 Å². The number of pyridine rings is 2. The lowest BCUT2D eigenvalue weighted by Crippen LogP contribution is -2.30. The van der Waals surface area contributed by atoms with Gasteiger partial charge in [-0.05, 0) is 117 Å². The van der Waals surface area contributed by atoms with E-state index in [1.165, 1.54) is 6.07 Å². The van der Waals surface area contributed by atoms with E-state index in [0.29, 0.717) is 17.9 Å². The van der Waals surface area contributed by atoms with Gasteiger partial charge in [0.25, 0.3) is 0 Å². The highest BCUT2D eigenvalue weighted by molar-refractivity contribution is 14.1. The summed E-state index contributed by atoms with van der Waals surface area (Å²) in [5.74, 6) is 1.09. The van der Waals surface area contributed by atoms with Crippen molar-refractivity contribution in [1.29, 1.82) is 0 Å². The van der Waals surface area contributed by atoms with Gasteiger partial charge in [0.1, 0.15) is 17.5 Å². The standard InChI is InChI=1S/C10H14IN3O.C5H4FIN2.C5H11NO.2C4H10O.ClH/c11-7-4-9(12)14-10(5-7)13-8-2-1-3-15-6-8;6-4-1-3(7)2-5(8)9-4;6-5-2-1-3-7-4-5;2*1-3-5-4-2;/h4-5,8H,1-3,6H2,(H3,12,13,14);1-2H,(H2,8,9);5H,1-4,6H2;2*3-4H2,1-2H3;1H/t8-;;5-;;;/m1.1.../s1. The normalized spacial score (nSPS) is 17.1. The lowest BCUT2D eigenvalue weighted by molar-refractivity contribution is 0.0822. The Morgan fingerprint density at radius 1 is 0.833 bits per heavy atom. The van der Waals surface area contributed by atoms with E-state index in [0.717, 1.165) is 91.5 Å². The summed E-state index contributed by atoms with van der Waals surface area (Å²) in [5, 5.41) is 3.34. The van der Waals surface area contributed by atoms with Gasteiger partial charge in [0.15, 0.2) is 0 Å². The largest absolute Gasteiger partial charge is 0.384 e. The molecule has 42 heavy (non-hydrogen) atoms. The minimum Gasteiger partial charge on any atom is -0.384 e. The molecule has 0 amide bonds. The fraction of sp³-hybridized carbons (Fsp3) is 0.643. The molecule has 244 valence electrons. The number of hydrogen-bond acceptors (Lipinski definition) is 10. The molecule has 0 bridgehead atoms. The molecule has 0 radical (unpaired) electrons. The van der Waals surface area contributed by atoms with Crippen LogP contribution in [0, 0.1) is 13.1 Å². The summed E-state index contributed by atoms with van der Waals surface area (Å²) in [4.78, 5) is 7.58. The smallest absolute Gasteiger partial charge is 0.215 e. The van der Waals surface area contributed by atoms with Gasteiger partial charge in [0, 0.05) is 58.9 Å². The van der Waals surface area contributed by atoms with Gasteiger partial charge in [0.05, 0.1) is 19.3 Å². The van der Waals surface area contributed by atoms with E-state index in [-0.39, 0.29) is 18.2 Å². The minimum absolute atomic E-state index is 0. The Kier molecular flexibility index (Phi) is 29.8. The maximum Gasteiger partial charge on any atom is 0.215 e. The van der Waals surface area contributed by atoms with E-state index >= 15 is 0 Å². The molecule has 2 fully saturated rings. The highest BCUT2D eigenvalue weighted by Gasteiger charge is 2.14. The van der Waals surface area contributed by atoms with Gasteiger partial charge in [-0.25, -0.2) is 9.97 Å². The second kappa shape index (κ2) is 28.9. The van der Waals surface area contributed by atoms with Crippen molar-refractivity contribution in [3.8, 4) is 0 Å². The molecule has 10 nitrogen and oxygen atoms in total. The average Bonchev–Trinajstić information content (AvgIpc) is 2.91. The maximum absolute atomic E-state index is 12.2. The zero-order valence-electron chi connectivity index (χ0n) is 25.3. The van der Waals surface area contributed by atoms with Crippen LogP contribution >= 0.6 is 57.6 Å². The van der Waals surface area contributed by atoms with E-state index in [1.807, 2.05) is 62.4 Å². The molecular formula is C28H50ClFI2N6O4. The number of hydrogen-bond donors (Lipinski definition) is 4. The van der Waals surface area contributed by atoms with Gasteiger partial charge < -0.3 is 41.5 Å². The van der Waals surface area contributed by atoms with Crippen LogP contribution in [0.1, 0.15) is 53.4 Å². The third-order valence-electron chi connectivity index (χ3n) is 5.11. The number of nitrogen functional groups attached to an aromatic ring is 2. The summed E-state index contributed by atoms with van der Waals surface area (Å²) in [5.41, 5.74) is 16.4. The van der Waals surface area contributed by atoms with Gasteiger partial charge in [-0.15, -0.1) is 12.4 Å². The number of aromatic nitrogens is 2. The molecule has 2 aliphatic rings. The van der Waals surface area contributed by atoms with Crippen LogP contribution < -0.4 is 22.5 Å². The summed E-state index contributed by atoms with van der Waals surface area (Å²) in [6.07, 6.45) is 4.52. The van der Waals surface area contributed by atoms with Gasteiger partial charge in [-0.3, -0.25) is 0 Å². The molecular weight excluding hydrogens is 793 g/mol. The molecule has 0 spiro atoms. The van der Waals surface area contributed by atoms with E-state index in [2.05, 4.69) is 37.9 Å². The second-order valence-corrected chi connectivity index (χ2v) is 11.2. The number of nitrogens with zero attached hydrogens (tertiary/aromatic N) is 2. The quantitative estimate of drug-likeness (QED) is 0.205. The average molecular weight is 843 g/mol. The summed E-state index contributed by atoms with van der Waals surface area (Å²) >= 11 is 4.21. The van der Waals surface area contributed by atoms with Crippen LogP contribution in [0.25, 0.3) is 0 Å². The Hall–Kier alpha value is -0.820. The first kappa shape index (κ1) is 43.3. The molecule has 0 unspecified atom stereocenters. The number of nitrogens with one attached hydrogen (secondary N) is 1. The van der Waals surface area contributed by atoms with Crippen LogP contribution in [-0.2, 0) is 18.9 Å².